The maximum absolute atomic E-state index is 5.30. The number of hydrogen-bond donors (Lipinski definition) is 1. The van der Waals surface area contributed by atoms with Gasteiger partial charge in [-0.2, -0.15) is 0 Å². The van der Waals surface area contributed by atoms with Crippen LogP contribution in [0, 0.1) is 0 Å². The van der Waals surface area contributed by atoms with Crippen LogP contribution in [0.15, 0.2) is 18.7 Å². The molecule has 1 heterocycles. The van der Waals surface area contributed by atoms with Crippen LogP contribution in [0.25, 0.3) is 0 Å². The zero-order valence-electron chi connectivity index (χ0n) is 5.53. The van der Waals surface area contributed by atoms with Crippen LogP contribution in [0.2, 0.25) is 0 Å². The maximum Gasteiger partial charge on any atom is 0.115 e. The molecule has 10 heavy (non-hydrogen) atoms. The van der Waals surface area contributed by atoms with Crippen LogP contribution in [-0.4, -0.2) is 16.5 Å². The van der Waals surface area contributed by atoms with Crippen molar-refractivity contribution in [3.8, 4) is 0 Å². The van der Waals surface area contributed by atoms with Crippen molar-refractivity contribution in [1.29, 1.82) is 0 Å². The van der Waals surface area contributed by atoms with Gasteiger partial charge < -0.3 is 5.73 Å². The Kier molecular flexibility index (Phi) is 4.80. The highest BCUT2D eigenvalue weighted by Crippen LogP contribution is 1.90. The van der Waals surface area contributed by atoms with E-state index in [1.54, 1.807) is 12.4 Å². The summed E-state index contributed by atoms with van der Waals surface area (Å²) in [5.74, 6) is 0. The van der Waals surface area contributed by atoms with Crippen LogP contribution < -0.4 is 5.73 Å². The van der Waals surface area contributed by atoms with E-state index in [4.69, 9.17) is 5.73 Å². The lowest BCUT2D eigenvalue weighted by atomic mass is 10.2. The molecular weight excluding hydrogens is 150 g/mol. The molecular formula is C6H10ClN3. The first kappa shape index (κ1) is 9.33. The summed E-state index contributed by atoms with van der Waals surface area (Å²) in [6, 6.07) is 0. The molecule has 1 aromatic heterocycles. The van der Waals surface area contributed by atoms with Gasteiger partial charge in [-0.1, -0.05) is 0 Å². The zero-order chi connectivity index (χ0) is 6.53. The SMILES string of the molecule is Cl.NCCc1cncnc1. The first-order valence-corrected chi connectivity index (χ1v) is 2.87. The second-order valence-corrected chi connectivity index (χ2v) is 1.79. The highest BCUT2D eigenvalue weighted by atomic mass is 35.5. The minimum atomic E-state index is 0. The van der Waals surface area contributed by atoms with Crippen molar-refractivity contribution >= 4 is 12.4 Å². The van der Waals surface area contributed by atoms with E-state index in [1.165, 1.54) is 6.33 Å². The Balaban J connectivity index is 0.000000810. The number of halogens is 1. The van der Waals surface area contributed by atoms with Crippen LogP contribution in [0.5, 0.6) is 0 Å². The molecule has 0 unspecified atom stereocenters. The Morgan fingerprint density at radius 1 is 1.30 bits per heavy atom. The molecule has 0 aliphatic heterocycles. The molecule has 56 valence electrons. The van der Waals surface area contributed by atoms with Crippen molar-refractivity contribution in [3.63, 3.8) is 0 Å². The van der Waals surface area contributed by atoms with Crippen LogP contribution >= 0.6 is 12.4 Å². The van der Waals surface area contributed by atoms with Crippen molar-refractivity contribution in [2.75, 3.05) is 6.54 Å². The largest absolute Gasteiger partial charge is 0.330 e. The molecule has 0 saturated carbocycles. The van der Waals surface area contributed by atoms with Crippen molar-refractivity contribution in [1.82, 2.24) is 9.97 Å². The fraction of sp³-hybridized carbons (Fsp3) is 0.333. The van der Waals surface area contributed by atoms with Gasteiger partial charge in [-0.15, -0.1) is 12.4 Å². The van der Waals surface area contributed by atoms with Gasteiger partial charge in [-0.3, -0.25) is 0 Å². The number of nitrogens with two attached hydrogens (primary N) is 1. The molecule has 0 bridgehead atoms. The number of nitrogens with zero attached hydrogens (tertiary/aromatic N) is 2. The lowest BCUT2D eigenvalue weighted by Gasteiger charge is -1.92. The van der Waals surface area contributed by atoms with Crippen molar-refractivity contribution in [3.05, 3.63) is 24.3 Å². The van der Waals surface area contributed by atoms with E-state index in [0.29, 0.717) is 6.54 Å². The Morgan fingerprint density at radius 2 is 1.90 bits per heavy atom. The minimum absolute atomic E-state index is 0. The Hall–Kier alpha value is -0.670. The van der Waals surface area contributed by atoms with E-state index >= 15 is 0 Å². The van der Waals surface area contributed by atoms with Crippen LogP contribution in [0.1, 0.15) is 5.56 Å². The molecule has 0 saturated heterocycles. The van der Waals surface area contributed by atoms with Gasteiger partial charge in [-0.05, 0) is 18.5 Å². The molecule has 0 amide bonds. The summed E-state index contributed by atoms with van der Waals surface area (Å²) in [5.41, 5.74) is 6.40. The van der Waals surface area contributed by atoms with Crippen LogP contribution in [0.3, 0.4) is 0 Å². The molecule has 2 N–H and O–H groups in total. The lowest BCUT2D eigenvalue weighted by molar-refractivity contribution is 0.941. The third kappa shape index (κ3) is 2.75. The molecule has 4 heteroatoms. The molecule has 0 aliphatic rings. The molecule has 0 aliphatic carbocycles. The van der Waals surface area contributed by atoms with Gasteiger partial charge in [0.15, 0.2) is 0 Å². The topological polar surface area (TPSA) is 51.8 Å². The average molecular weight is 160 g/mol. The predicted molar refractivity (Wildman–Crippen MR) is 42.0 cm³/mol. The van der Waals surface area contributed by atoms with Gasteiger partial charge >= 0.3 is 0 Å². The highest BCUT2D eigenvalue weighted by molar-refractivity contribution is 5.85. The van der Waals surface area contributed by atoms with E-state index in [0.717, 1.165) is 12.0 Å². The molecule has 0 fully saturated rings. The third-order valence-corrected chi connectivity index (χ3v) is 1.05. The van der Waals surface area contributed by atoms with E-state index in [9.17, 15) is 0 Å². The number of hydrogen-bond acceptors (Lipinski definition) is 3. The molecule has 0 spiro atoms. The van der Waals surface area contributed by atoms with Gasteiger partial charge in [0.25, 0.3) is 0 Å². The summed E-state index contributed by atoms with van der Waals surface area (Å²) < 4.78 is 0. The average Bonchev–Trinajstić information content (AvgIpc) is 1.91. The second-order valence-electron chi connectivity index (χ2n) is 1.79. The quantitative estimate of drug-likeness (QED) is 0.680. The molecule has 1 rings (SSSR count). The van der Waals surface area contributed by atoms with E-state index in [2.05, 4.69) is 9.97 Å². The Labute approximate surface area is 66.1 Å². The highest BCUT2D eigenvalue weighted by Gasteiger charge is 1.86. The van der Waals surface area contributed by atoms with Crippen molar-refractivity contribution in [2.24, 2.45) is 5.73 Å². The van der Waals surface area contributed by atoms with Gasteiger partial charge in [0.1, 0.15) is 6.33 Å². The van der Waals surface area contributed by atoms with Crippen LogP contribution in [-0.2, 0) is 6.42 Å². The molecule has 0 radical (unpaired) electrons. The molecule has 0 atom stereocenters. The summed E-state index contributed by atoms with van der Waals surface area (Å²) >= 11 is 0. The van der Waals surface area contributed by atoms with E-state index in [-0.39, 0.29) is 12.4 Å². The lowest BCUT2D eigenvalue weighted by Crippen LogP contribution is -2.02. The zero-order valence-corrected chi connectivity index (χ0v) is 6.34. The van der Waals surface area contributed by atoms with Crippen LogP contribution in [0.4, 0.5) is 0 Å². The van der Waals surface area contributed by atoms with E-state index in [1.807, 2.05) is 0 Å². The summed E-state index contributed by atoms with van der Waals surface area (Å²) in [5, 5.41) is 0. The number of rotatable bonds is 2. The van der Waals surface area contributed by atoms with Crippen molar-refractivity contribution < 1.29 is 0 Å². The normalized spacial score (nSPS) is 8.50. The molecule has 0 aromatic carbocycles. The Morgan fingerprint density at radius 3 is 2.40 bits per heavy atom. The monoisotopic (exact) mass is 159 g/mol. The van der Waals surface area contributed by atoms with Gasteiger partial charge in [0.2, 0.25) is 0 Å². The van der Waals surface area contributed by atoms with Gasteiger partial charge in [0.05, 0.1) is 0 Å². The fourth-order valence-electron chi connectivity index (χ4n) is 0.626. The van der Waals surface area contributed by atoms with E-state index < -0.39 is 0 Å². The summed E-state index contributed by atoms with van der Waals surface area (Å²) in [7, 11) is 0. The van der Waals surface area contributed by atoms with Crippen molar-refractivity contribution in [2.45, 2.75) is 6.42 Å². The maximum atomic E-state index is 5.30. The first-order valence-electron chi connectivity index (χ1n) is 2.87. The second kappa shape index (κ2) is 5.14. The fourth-order valence-corrected chi connectivity index (χ4v) is 0.626. The summed E-state index contributed by atoms with van der Waals surface area (Å²) in [6.07, 6.45) is 5.93. The summed E-state index contributed by atoms with van der Waals surface area (Å²) in [4.78, 5) is 7.67. The predicted octanol–water partition coefficient (Wildman–Crippen LogP) is 0.400. The van der Waals surface area contributed by atoms with Gasteiger partial charge in [-0.25, -0.2) is 9.97 Å². The Bertz CT molecular complexity index is 166. The smallest absolute Gasteiger partial charge is 0.115 e. The molecule has 3 nitrogen and oxygen atoms in total. The molecule has 1 aromatic rings. The third-order valence-electron chi connectivity index (χ3n) is 1.05. The summed E-state index contributed by atoms with van der Waals surface area (Å²) in [6.45, 7) is 0.660. The van der Waals surface area contributed by atoms with Gasteiger partial charge in [0, 0.05) is 12.4 Å². The standard InChI is InChI=1S/C6H9N3.ClH/c7-2-1-6-3-8-5-9-4-6;/h3-5H,1-2,7H2;1H. The first-order chi connectivity index (χ1) is 4.43. The minimum Gasteiger partial charge on any atom is -0.330 e. The number of aromatic nitrogens is 2.